The molecule has 0 saturated carbocycles. The molecule has 7 rings (SSSR count). The number of aromatic nitrogens is 4. The highest BCUT2D eigenvalue weighted by atomic mass is 19.1. The summed E-state index contributed by atoms with van der Waals surface area (Å²) in [6.07, 6.45) is 14.3. The zero-order valence-corrected chi connectivity index (χ0v) is 23.1. The topological polar surface area (TPSA) is 51.6 Å². The van der Waals surface area contributed by atoms with E-state index in [1.165, 1.54) is 0 Å². The Labute approximate surface area is 249 Å². The smallest absolute Gasteiger partial charge is 0.124 e. The van der Waals surface area contributed by atoms with E-state index in [4.69, 9.17) is 0 Å². The average Bonchev–Trinajstić information content (AvgIpc) is 3.09. The largest absolute Gasteiger partial charge is 0.265 e. The van der Waals surface area contributed by atoms with Gasteiger partial charge in [-0.05, 0) is 170 Å². The van der Waals surface area contributed by atoms with Crippen LogP contribution in [-0.4, -0.2) is 19.9 Å². The van der Waals surface area contributed by atoms with E-state index < -0.39 is 0 Å². The molecule has 204 valence electrons. The van der Waals surface area contributed by atoms with E-state index >= 15 is 4.39 Å². The van der Waals surface area contributed by atoms with Crippen LogP contribution in [0.4, 0.5) is 4.39 Å². The summed E-state index contributed by atoms with van der Waals surface area (Å²) in [6.45, 7) is 0. The van der Waals surface area contributed by atoms with Gasteiger partial charge in [-0.3, -0.25) is 19.9 Å². The van der Waals surface area contributed by atoms with Crippen molar-refractivity contribution < 1.29 is 4.39 Å². The lowest BCUT2D eigenvalue weighted by atomic mass is 9.90. The Hall–Kier alpha value is -5.81. The second-order valence-corrected chi connectivity index (χ2v) is 10.3. The second-order valence-electron chi connectivity index (χ2n) is 10.3. The Morgan fingerprint density at radius 2 is 0.442 bits per heavy atom. The van der Waals surface area contributed by atoms with Gasteiger partial charge in [0.25, 0.3) is 0 Å². The van der Waals surface area contributed by atoms with Gasteiger partial charge < -0.3 is 0 Å². The van der Waals surface area contributed by atoms with Crippen LogP contribution in [0.25, 0.3) is 66.8 Å². The summed E-state index contributed by atoms with van der Waals surface area (Å²) in [7, 11) is 0. The van der Waals surface area contributed by atoms with Crippen molar-refractivity contribution in [3.05, 3.63) is 159 Å². The molecule has 7 aromatic rings. The highest BCUT2D eigenvalue weighted by Gasteiger charge is 2.13. The fourth-order valence-electron chi connectivity index (χ4n) is 5.36. The van der Waals surface area contributed by atoms with Crippen LogP contribution < -0.4 is 0 Å². The Bertz CT molecular complexity index is 1750. The summed E-state index contributed by atoms with van der Waals surface area (Å²) in [5.74, 6) is -0.299. The summed E-state index contributed by atoms with van der Waals surface area (Å²) in [6, 6.07) is 33.8. The van der Waals surface area contributed by atoms with Crippen LogP contribution in [0, 0.1) is 5.82 Å². The van der Waals surface area contributed by atoms with Gasteiger partial charge in [0.2, 0.25) is 0 Å². The maximum Gasteiger partial charge on any atom is 0.124 e. The highest BCUT2D eigenvalue weighted by molar-refractivity contribution is 5.85. The van der Waals surface area contributed by atoms with Crippen molar-refractivity contribution in [2.45, 2.75) is 0 Å². The molecule has 0 saturated heterocycles. The Morgan fingerprint density at radius 1 is 0.256 bits per heavy atom. The van der Waals surface area contributed by atoms with Crippen LogP contribution in [0.2, 0.25) is 0 Å². The van der Waals surface area contributed by atoms with E-state index in [-0.39, 0.29) is 5.82 Å². The summed E-state index contributed by atoms with van der Waals surface area (Å²) in [5.41, 5.74) is 11.7. The van der Waals surface area contributed by atoms with Crippen LogP contribution >= 0.6 is 0 Å². The number of hydrogen-bond acceptors (Lipinski definition) is 4. The van der Waals surface area contributed by atoms with Crippen molar-refractivity contribution in [1.82, 2.24) is 19.9 Å². The zero-order chi connectivity index (χ0) is 29.0. The number of pyridine rings is 4. The monoisotopic (exact) mass is 556 g/mol. The Kier molecular flexibility index (Phi) is 7.04. The molecule has 4 aromatic heterocycles. The molecule has 0 radical (unpaired) electrons. The third-order valence-electron chi connectivity index (χ3n) is 7.49. The molecule has 0 atom stereocenters. The number of halogens is 1. The van der Waals surface area contributed by atoms with Gasteiger partial charge in [0, 0.05) is 49.6 Å². The quantitative estimate of drug-likeness (QED) is 0.205. The van der Waals surface area contributed by atoms with E-state index in [2.05, 4.69) is 62.4 Å². The summed E-state index contributed by atoms with van der Waals surface area (Å²) < 4.78 is 15.5. The zero-order valence-electron chi connectivity index (χ0n) is 23.1. The molecule has 0 aliphatic rings. The van der Waals surface area contributed by atoms with E-state index in [0.29, 0.717) is 0 Å². The molecule has 0 fully saturated rings. The van der Waals surface area contributed by atoms with Crippen molar-refractivity contribution in [3.63, 3.8) is 0 Å². The molecule has 0 unspecified atom stereocenters. The van der Waals surface area contributed by atoms with Crippen molar-refractivity contribution in [2.24, 2.45) is 0 Å². The Balaban J connectivity index is 1.40. The summed E-state index contributed by atoms with van der Waals surface area (Å²) in [5, 5.41) is 0. The van der Waals surface area contributed by atoms with Crippen molar-refractivity contribution in [1.29, 1.82) is 0 Å². The first kappa shape index (κ1) is 26.1. The number of rotatable bonds is 6. The second kappa shape index (κ2) is 11.6. The SMILES string of the molecule is Fc1cc(-c2cc(-c3ccncc3)cc(-c3ccncc3)c2)cc(-c2cc(-c3ccncc3)cc(-c3ccncc3)c2)c1. The van der Waals surface area contributed by atoms with E-state index in [1.54, 1.807) is 61.7 Å². The number of nitrogens with zero attached hydrogens (tertiary/aromatic N) is 4. The van der Waals surface area contributed by atoms with E-state index in [0.717, 1.165) is 66.8 Å². The lowest BCUT2D eigenvalue weighted by Crippen LogP contribution is -1.90. The van der Waals surface area contributed by atoms with E-state index in [9.17, 15) is 0 Å². The van der Waals surface area contributed by atoms with Crippen molar-refractivity contribution >= 4 is 0 Å². The minimum atomic E-state index is -0.299. The summed E-state index contributed by atoms with van der Waals surface area (Å²) >= 11 is 0. The first-order valence-corrected chi connectivity index (χ1v) is 13.9. The Morgan fingerprint density at radius 3 is 0.674 bits per heavy atom. The van der Waals surface area contributed by atoms with Gasteiger partial charge in [0.15, 0.2) is 0 Å². The fraction of sp³-hybridized carbons (Fsp3) is 0. The third kappa shape index (κ3) is 5.69. The molecule has 43 heavy (non-hydrogen) atoms. The molecule has 0 aliphatic carbocycles. The lowest BCUT2D eigenvalue weighted by molar-refractivity contribution is 0.629. The van der Waals surface area contributed by atoms with Gasteiger partial charge in [0.1, 0.15) is 5.82 Å². The number of benzene rings is 3. The maximum atomic E-state index is 15.5. The minimum Gasteiger partial charge on any atom is -0.265 e. The van der Waals surface area contributed by atoms with Crippen LogP contribution in [0.1, 0.15) is 0 Å². The minimum absolute atomic E-state index is 0.299. The first-order valence-electron chi connectivity index (χ1n) is 13.9. The number of hydrogen-bond donors (Lipinski definition) is 0. The van der Waals surface area contributed by atoms with Crippen LogP contribution in [0.15, 0.2) is 153 Å². The standard InChI is InChI=1S/C38H25FN4/c39-38-24-36(34-19-30(26-1-9-40-10-2-26)17-31(20-34)27-3-11-41-12-4-27)23-37(25-38)35-21-32(28-5-13-42-14-6-28)18-33(22-35)29-7-15-43-16-8-29/h1-25H. The lowest BCUT2D eigenvalue weighted by Gasteiger charge is -2.14. The normalized spacial score (nSPS) is 10.9. The molecular weight excluding hydrogens is 531 g/mol. The predicted molar refractivity (Wildman–Crippen MR) is 170 cm³/mol. The molecule has 5 heteroatoms. The molecule has 4 heterocycles. The predicted octanol–water partition coefficient (Wildman–Crippen LogP) is 9.41. The fourth-order valence-corrected chi connectivity index (χ4v) is 5.36. The van der Waals surface area contributed by atoms with E-state index in [1.807, 2.05) is 48.5 Å². The molecule has 0 amide bonds. The maximum absolute atomic E-state index is 15.5. The third-order valence-corrected chi connectivity index (χ3v) is 7.49. The molecule has 0 spiro atoms. The average molecular weight is 557 g/mol. The van der Waals surface area contributed by atoms with Gasteiger partial charge >= 0.3 is 0 Å². The molecule has 3 aromatic carbocycles. The van der Waals surface area contributed by atoms with Gasteiger partial charge in [-0.2, -0.15) is 0 Å². The first-order chi connectivity index (χ1) is 21.2. The molecule has 0 aliphatic heterocycles. The molecule has 0 bridgehead atoms. The van der Waals surface area contributed by atoms with Gasteiger partial charge in [0.05, 0.1) is 0 Å². The molecular formula is C38H25FN4. The van der Waals surface area contributed by atoms with Crippen LogP contribution in [0.5, 0.6) is 0 Å². The molecule has 4 nitrogen and oxygen atoms in total. The van der Waals surface area contributed by atoms with Crippen molar-refractivity contribution in [3.8, 4) is 66.8 Å². The summed E-state index contributed by atoms with van der Waals surface area (Å²) in [4.78, 5) is 16.7. The molecule has 0 N–H and O–H groups in total. The van der Waals surface area contributed by atoms with Crippen molar-refractivity contribution in [2.75, 3.05) is 0 Å². The van der Waals surface area contributed by atoms with Gasteiger partial charge in [-0.25, -0.2) is 4.39 Å². The van der Waals surface area contributed by atoms with Gasteiger partial charge in [-0.15, -0.1) is 0 Å². The van der Waals surface area contributed by atoms with Gasteiger partial charge in [-0.1, -0.05) is 0 Å². The highest BCUT2D eigenvalue weighted by Crippen LogP contribution is 2.37. The van der Waals surface area contributed by atoms with Crippen LogP contribution in [0.3, 0.4) is 0 Å². The van der Waals surface area contributed by atoms with Crippen LogP contribution in [-0.2, 0) is 0 Å².